The molecule has 2 nitrogen and oxygen atoms in total. The monoisotopic (exact) mass is 328 g/mol. The molecule has 5 heteroatoms. The lowest BCUT2D eigenvalue weighted by Crippen LogP contribution is -2.07. The first-order chi connectivity index (χ1) is 9.52. The van der Waals surface area contributed by atoms with Gasteiger partial charge in [-0.2, -0.15) is 0 Å². The van der Waals surface area contributed by atoms with E-state index < -0.39 is 4.84 Å². The fraction of sp³-hybridized carbons (Fsp3) is 0.133. The van der Waals surface area contributed by atoms with Crippen LogP contribution in [0.1, 0.15) is 10.4 Å². The van der Waals surface area contributed by atoms with E-state index in [1.807, 2.05) is 24.3 Å². The Balaban J connectivity index is 2.30. The third kappa shape index (κ3) is 3.26. The van der Waals surface area contributed by atoms with Gasteiger partial charge in [0, 0.05) is 5.56 Å². The summed E-state index contributed by atoms with van der Waals surface area (Å²) in [4.78, 5) is 10.6. The molecule has 0 N–H and O–H groups in total. The summed E-state index contributed by atoms with van der Waals surface area (Å²) in [5, 5.41) is 0.534. The molecule has 0 amide bonds. The normalized spacial score (nSPS) is 10.7. The van der Waals surface area contributed by atoms with Crippen molar-refractivity contribution in [1.29, 1.82) is 0 Å². The van der Waals surface area contributed by atoms with Crippen LogP contribution in [-0.2, 0) is 0 Å². The van der Waals surface area contributed by atoms with Gasteiger partial charge in [0.2, 0.25) is 0 Å². The van der Waals surface area contributed by atoms with Crippen molar-refractivity contribution in [2.75, 3.05) is 7.11 Å². The van der Waals surface area contributed by atoms with E-state index in [0.717, 1.165) is 11.1 Å². The van der Waals surface area contributed by atoms with Crippen molar-refractivity contribution in [1.82, 2.24) is 0 Å². The smallest absolute Gasteiger partial charge is 0.195 e. The Labute approximate surface area is 132 Å². The number of alkyl halides is 2. The van der Waals surface area contributed by atoms with Gasteiger partial charge in [-0.05, 0) is 23.3 Å². The molecular formula is C15H11Cl3O2. The number of halogens is 3. The Morgan fingerprint density at radius 3 is 2.15 bits per heavy atom. The Bertz CT molecular complexity index is 622. The minimum Gasteiger partial charge on any atom is -0.495 e. The maximum absolute atomic E-state index is 11.6. The van der Waals surface area contributed by atoms with Gasteiger partial charge < -0.3 is 4.74 Å². The molecule has 0 saturated carbocycles. The third-order valence-electron chi connectivity index (χ3n) is 2.85. The number of hydrogen-bond donors (Lipinski definition) is 0. The van der Waals surface area contributed by atoms with Crippen molar-refractivity contribution in [2.24, 2.45) is 0 Å². The Morgan fingerprint density at radius 2 is 1.65 bits per heavy atom. The number of methoxy groups -OCH3 is 1. The van der Waals surface area contributed by atoms with E-state index in [-0.39, 0.29) is 5.78 Å². The maximum Gasteiger partial charge on any atom is 0.195 e. The molecule has 0 heterocycles. The average Bonchev–Trinajstić information content (AvgIpc) is 2.46. The van der Waals surface area contributed by atoms with Gasteiger partial charge in [-0.3, -0.25) is 4.79 Å². The molecule has 0 aromatic heterocycles. The number of hydrogen-bond acceptors (Lipinski definition) is 2. The highest BCUT2D eigenvalue weighted by molar-refractivity contribution is 6.55. The van der Waals surface area contributed by atoms with Gasteiger partial charge in [0.1, 0.15) is 5.75 Å². The molecule has 0 aliphatic heterocycles. The lowest BCUT2D eigenvalue weighted by Gasteiger charge is -2.07. The van der Waals surface area contributed by atoms with Crippen molar-refractivity contribution >= 4 is 40.6 Å². The molecule has 0 saturated heterocycles. The van der Waals surface area contributed by atoms with Crippen molar-refractivity contribution in [2.45, 2.75) is 4.84 Å². The highest BCUT2D eigenvalue weighted by Gasteiger charge is 2.14. The van der Waals surface area contributed by atoms with Crippen LogP contribution >= 0.6 is 34.8 Å². The van der Waals surface area contributed by atoms with Gasteiger partial charge >= 0.3 is 0 Å². The zero-order valence-electron chi connectivity index (χ0n) is 10.6. The van der Waals surface area contributed by atoms with Gasteiger partial charge in [-0.1, -0.05) is 65.1 Å². The predicted octanol–water partition coefficient (Wildman–Crippen LogP) is 5.00. The van der Waals surface area contributed by atoms with Crippen molar-refractivity contribution in [3.63, 3.8) is 0 Å². The first-order valence-electron chi connectivity index (χ1n) is 5.79. The van der Waals surface area contributed by atoms with E-state index in [4.69, 9.17) is 39.5 Å². The van der Waals surface area contributed by atoms with E-state index >= 15 is 0 Å². The van der Waals surface area contributed by atoms with Crippen LogP contribution in [0.3, 0.4) is 0 Å². The van der Waals surface area contributed by atoms with Crippen LogP contribution in [0.25, 0.3) is 11.1 Å². The zero-order valence-corrected chi connectivity index (χ0v) is 12.8. The zero-order chi connectivity index (χ0) is 14.7. The topological polar surface area (TPSA) is 26.3 Å². The summed E-state index contributed by atoms with van der Waals surface area (Å²) in [7, 11) is 1.57. The Hall–Kier alpha value is -1.22. The van der Waals surface area contributed by atoms with Gasteiger partial charge in [0.15, 0.2) is 10.6 Å². The van der Waals surface area contributed by atoms with Crippen LogP contribution < -0.4 is 4.74 Å². The van der Waals surface area contributed by atoms with E-state index in [9.17, 15) is 4.79 Å². The van der Waals surface area contributed by atoms with Gasteiger partial charge in [-0.25, -0.2) is 0 Å². The number of benzene rings is 2. The molecule has 0 fully saturated rings. The quantitative estimate of drug-likeness (QED) is 0.582. The molecule has 2 aromatic carbocycles. The Kier molecular flexibility index (Phi) is 4.92. The highest BCUT2D eigenvalue weighted by atomic mass is 35.5. The summed E-state index contributed by atoms with van der Waals surface area (Å²) in [6.45, 7) is 0. The molecule has 0 atom stereocenters. The van der Waals surface area contributed by atoms with E-state index in [1.165, 1.54) is 0 Å². The van der Waals surface area contributed by atoms with Gasteiger partial charge in [-0.15, -0.1) is 0 Å². The minimum atomic E-state index is -1.05. The largest absolute Gasteiger partial charge is 0.495 e. The summed E-state index contributed by atoms with van der Waals surface area (Å²) < 4.78 is 5.11. The molecule has 0 radical (unpaired) electrons. The van der Waals surface area contributed by atoms with Crippen LogP contribution in [0.15, 0.2) is 42.5 Å². The number of rotatable bonds is 4. The van der Waals surface area contributed by atoms with Crippen LogP contribution in [-0.4, -0.2) is 17.7 Å². The van der Waals surface area contributed by atoms with Crippen LogP contribution in [0.5, 0.6) is 5.75 Å². The molecule has 20 heavy (non-hydrogen) atoms. The molecule has 0 unspecified atom stereocenters. The number of ketones is 1. The summed E-state index contributed by atoms with van der Waals surface area (Å²) in [5.74, 6) is 0.307. The summed E-state index contributed by atoms with van der Waals surface area (Å²) in [6, 6.07) is 12.5. The van der Waals surface area contributed by atoms with Crippen LogP contribution in [0.4, 0.5) is 0 Å². The SMILES string of the molecule is COc1ccc(-c2ccc(C(=O)C(Cl)Cl)cc2)cc1Cl. The number of Topliss-reactive ketones (excluding diaryl/α,β-unsaturated/α-hetero) is 1. The lowest BCUT2D eigenvalue weighted by molar-refractivity contribution is 0.101. The standard InChI is InChI=1S/C15H11Cl3O2/c1-20-13-7-6-11(8-12(13)16)9-2-4-10(5-3-9)14(19)15(17)18/h2-8,15H,1H3. The first kappa shape index (κ1) is 15.2. The number of ether oxygens (including phenoxy) is 1. The molecule has 2 rings (SSSR count). The van der Waals surface area contributed by atoms with Crippen molar-refractivity contribution < 1.29 is 9.53 Å². The molecule has 2 aromatic rings. The van der Waals surface area contributed by atoms with E-state index in [1.54, 1.807) is 25.3 Å². The summed E-state index contributed by atoms with van der Waals surface area (Å²) >= 11 is 17.2. The maximum atomic E-state index is 11.6. The minimum absolute atomic E-state index is 0.312. The molecule has 104 valence electrons. The molecule has 0 spiro atoms. The molecule has 0 aliphatic carbocycles. The molecular weight excluding hydrogens is 319 g/mol. The number of carbonyl (C=O) groups excluding carboxylic acids is 1. The summed E-state index contributed by atoms with van der Waals surface area (Å²) in [5.41, 5.74) is 2.35. The fourth-order valence-electron chi connectivity index (χ4n) is 1.80. The fourth-order valence-corrected chi connectivity index (χ4v) is 2.31. The van der Waals surface area contributed by atoms with E-state index in [2.05, 4.69) is 0 Å². The van der Waals surface area contributed by atoms with Gasteiger partial charge in [0.05, 0.1) is 12.1 Å². The summed E-state index contributed by atoms with van der Waals surface area (Å²) in [6.07, 6.45) is 0. The third-order valence-corrected chi connectivity index (χ3v) is 3.54. The highest BCUT2D eigenvalue weighted by Crippen LogP contribution is 2.30. The second kappa shape index (κ2) is 6.49. The van der Waals surface area contributed by atoms with E-state index in [0.29, 0.717) is 16.3 Å². The molecule has 0 bridgehead atoms. The van der Waals surface area contributed by atoms with Crippen molar-refractivity contribution in [3.05, 3.63) is 53.1 Å². The average molecular weight is 330 g/mol. The van der Waals surface area contributed by atoms with Crippen LogP contribution in [0, 0.1) is 0 Å². The van der Waals surface area contributed by atoms with Crippen LogP contribution in [0.2, 0.25) is 5.02 Å². The van der Waals surface area contributed by atoms with Gasteiger partial charge in [0.25, 0.3) is 0 Å². The van der Waals surface area contributed by atoms with Crippen molar-refractivity contribution in [3.8, 4) is 16.9 Å². The molecule has 0 aliphatic rings. The number of carbonyl (C=O) groups is 1. The Morgan fingerprint density at radius 1 is 1.05 bits per heavy atom. The lowest BCUT2D eigenvalue weighted by atomic mass is 10.0. The predicted molar refractivity (Wildman–Crippen MR) is 83.3 cm³/mol. The first-order valence-corrected chi connectivity index (χ1v) is 7.04. The second-order valence-corrected chi connectivity index (χ2v) is 5.60. The second-order valence-electron chi connectivity index (χ2n) is 4.09.